The van der Waals surface area contributed by atoms with Crippen molar-refractivity contribution in [2.24, 2.45) is 5.92 Å². The lowest BCUT2D eigenvalue weighted by atomic mass is 10.1. The molecular formula is C14H18O2. The standard InChI is InChI=1S/C14H18O2/c1-11-7-14(15)8-13(11)10-16-9-12-5-3-2-4-6-12/h2-6,8,11,14-15H,7,9-10H2,1H3/t11-,14+/m0/s1. The van der Waals surface area contributed by atoms with Gasteiger partial charge >= 0.3 is 0 Å². The molecule has 2 nitrogen and oxygen atoms in total. The Bertz CT molecular complexity index is 356. The quantitative estimate of drug-likeness (QED) is 0.787. The molecule has 0 saturated carbocycles. The molecule has 16 heavy (non-hydrogen) atoms. The van der Waals surface area contributed by atoms with Crippen LogP contribution in [0, 0.1) is 5.92 Å². The molecule has 0 amide bonds. The second kappa shape index (κ2) is 5.28. The Morgan fingerprint density at radius 2 is 2.00 bits per heavy atom. The van der Waals surface area contributed by atoms with Crippen molar-refractivity contribution >= 4 is 0 Å². The zero-order valence-electron chi connectivity index (χ0n) is 9.60. The summed E-state index contributed by atoms with van der Waals surface area (Å²) in [6.07, 6.45) is 2.49. The summed E-state index contributed by atoms with van der Waals surface area (Å²) in [5, 5.41) is 9.45. The van der Waals surface area contributed by atoms with Gasteiger partial charge in [-0.1, -0.05) is 43.3 Å². The Kier molecular flexibility index (Phi) is 3.75. The monoisotopic (exact) mass is 218 g/mol. The van der Waals surface area contributed by atoms with Gasteiger partial charge in [-0.3, -0.25) is 0 Å². The Morgan fingerprint density at radius 1 is 1.25 bits per heavy atom. The van der Waals surface area contributed by atoms with Crippen molar-refractivity contribution in [2.45, 2.75) is 26.1 Å². The molecule has 1 N–H and O–H groups in total. The highest BCUT2D eigenvalue weighted by Gasteiger charge is 2.20. The van der Waals surface area contributed by atoms with Gasteiger partial charge in [0.2, 0.25) is 0 Å². The molecule has 1 aliphatic rings. The highest BCUT2D eigenvalue weighted by atomic mass is 16.5. The fourth-order valence-corrected chi connectivity index (χ4v) is 2.04. The molecule has 1 aliphatic carbocycles. The fraction of sp³-hybridized carbons (Fsp3) is 0.429. The van der Waals surface area contributed by atoms with Gasteiger partial charge in [0.05, 0.1) is 19.3 Å². The number of hydrogen-bond acceptors (Lipinski definition) is 2. The van der Waals surface area contributed by atoms with E-state index < -0.39 is 0 Å². The molecule has 0 aromatic heterocycles. The van der Waals surface area contributed by atoms with Crippen LogP contribution in [0.2, 0.25) is 0 Å². The van der Waals surface area contributed by atoms with Crippen molar-refractivity contribution in [1.82, 2.24) is 0 Å². The predicted octanol–water partition coefficient (Wildman–Crippen LogP) is 2.53. The first-order valence-electron chi connectivity index (χ1n) is 5.76. The number of hydrogen-bond donors (Lipinski definition) is 1. The maximum absolute atomic E-state index is 9.45. The SMILES string of the molecule is C[C@H]1C[C@@H](O)C=C1COCc1ccccc1. The van der Waals surface area contributed by atoms with E-state index in [0.29, 0.717) is 19.1 Å². The summed E-state index contributed by atoms with van der Waals surface area (Å²) in [5.74, 6) is 0.450. The van der Waals surface area contributed by atoms with Crippen LogP contribution in [0.25, 0.3) is 0 Å². The lowest BCUT2D eigenvalue weighted by Crippen LogP contribution is -2.03. The fourth-order valence-electron chi connectivity index (χ4n) is 2.04. The highest BCUT2D eigenvalue weighted by molar-refractivity contribution is 5.17. The van der Waals surface area contributed by atoms with Crippen molar-refractivity contribution in [3.05, 3.63) is 47.5 Å². The normalized spacial score (nSPS) is 24.5. The topological polar surface area (TPSA) is 29.5 Å². The molecule has 0 aliphatic heterocycles. The number of aliphatic hydroxyl groups excluding tert-OH is 1. The van der Waals surface area contributed by atoms with Crippen LogP contribution in [0.4, 0.5) is 0 Å². The number of rotatable bonds is 4. The first kappa shape index (κ1) is 11.4. The lowest BCUT2D eigenvalue weighted by Gasteiger charge is -2.09. The van der Waals surface area contributed by atoms with Crippen molar-refractivity contribution in [3.8, 4) is 0 Å². The Hall–Kier alpha value is -1.12. The van der Waals surface area contributed by atoms with E-state index in [9.17, 15) is 5.11 Å². The summed E-state index contributed by atoms with van der Waals surface area (Å²) >= 11 is 0. The van der Waals surface area contributed by atoms with E-state index in [4.69, 9.17) is 4.74 Å². The largest absolute Gasteiger partial charge is 0.389 e. The minimum atomic E-state index is -0.273. The molecule has 2 atom stereocenters. The van der Waals surface area contributed by atoms with Crippen LogP contribution in [0.1, 0.15) is 18.9 Å². The molecule has 2 rings (SSSR count). The van der Waals surface area contributed by atoms with Crippen LogP contribution < -0.4 is 0 Å². The van der Waals surface area contributed by atoms with Gasteiger partial charge in [-0.25, -0.2) is 0 Å². The van der Waals surface area contributed by atoms with Crippen LogP contribution in [0.5, 0.6) is 0 Å². The van der Waals surface area contributed by atoms with Crippen LogP contribution in [-0.2, 0) is 11.3 Å². The summed E-state index contributed by atoms with van der Waals surface area (Å²) < 4.78 is 5.64. The van der Waals surface area contributed by atoms with Crippen molar-refractivity contribution in [1.29, 1.82) is 0 Å². The third-order valence-electron chi connectivity index (χ3n) is 3.01. The molecule has 2 heteroatoms. The van der Waals surface area contributed by atoms with Crippen molar-refractivity contribution in [2.75, 3.05) is 6.61 Å². The van der Waals surface area contributed by atoms with Gasteiger partial charge in [-0.15, -0.1) is 0 Å². The van der Waals surface area contributed by atoms with E-state index in [0.717, 1.165) is 6.42 Å². The van der Waals surface area contributed by atoms with Crippen LogP contribution in [0.3, 0.4) is 0 Å². The minimum Gasteiger partial charge on any atom is -0.389 e. The van der Waals surface area contributed by atoms with Gasteiger partial charge in [-0.05, 0) is 23.5 Å². The summed E-state index contributed by atoms with van der Waals surface area (Å²) in [6.45, 7) is 3.40. The Morgan fingerprint density at radius 3 is 2.62 bits per heavy atom. The first-order chi connectivity index (χ1) is 7.75. The second-order valence-electron chi connectivity index (χ2n) is 4.42. The summed E-state index contributed by atoms with van der Waals surface area (Å²) in [6, 6.07) is 10.1. The molecule has 1 aromatic carbocycles. The first-order valence-corrected chi connectivity index (χ1v) is 5.76. The van der Waals surface area contributed by atoms with Crippen molar-refractivity contribution < 1.29 is 9.84 Å². The maximum atomic E-state index is 9.45. The van der Waals surface area contributed by atoms with E-state index >= 15 is 0 Å². The minimum absolute atomic E-state index is 0.273. The smallest absolute Gasteiger partial charge is 0.0730 e. The van der Waals surface area contributed by atoms with Gasteiger partial charge in [0, 0.05) is 0 Å². The summed E-state index contributed by atoms with van der Waals surface area (Å²) in [5.41, 5.74) is 2.41. The molecule has 0 saturated heterocycles. The van der Waals surface area contributed by atoms with Gasteiger partial charge in [0.1, 0.15) is 0 Å². The lowest BCUT2D eigenvalue weighted by molar-refractivity contribution is 0.137. The predicted molar refractivity (Wildman–Crippen MR) is 64.0 cm³/mol. The molecule has 0 bridgehead atoms. The maximum Gasteiger partial charge on any atom is 0.0730 e. The van der Waals surface area contributed by atoms with Crippen LogP contribution in [0.15, 0.2) is 42.0 Å². The third kappa shape index (κ3) is 2.94. The number of benzene rings is 1. The van der Waals surface area contributed by atoms with E-state index in [2.05, 4.69) is 19.1 Å². The number of aliphatic hydroxyl groups is 1. The van der Waals surface area contributed by atoms with Crippen LogP contribution >= 0.6 is 0 Å². The second-order valence-corrected chi connectivity index (χ2v) is 4.42. The highest BCUT2D eigenvalue weighted by Crippen LogP contribution is 2.25. The summed E-state index contributed by atoms with van der Waals surface area (Å²) in [4.78, 5) is 0. The third-order valence-corrected chi connectivity index (χ3v) is 3.01. The average Bonchev–Trinajstić information content (AvgIpc) is 2.59. The van der Waals surface area contributed by atoms with Crippen molar-refractivity contribution in [3.63, 3.8) is 0 Å². The molecule has 1 aromatic rings. The zero-order chi connectivity index (χ0) is 11.4. The van der Waals surface area contributed by atoms with E-state index in [-0.39, 0.29) is 6.10 Å². The van der Waals surface area contributed by atoms with E-state index in [1.807, 2.05) is 24.3 Å². The molecule has 0 heterocycles. The molecule has 86 valence electrons. The Labute approximate surface area is 96.6 Å². The Balaban J connectivity index is 1.79. The average molecular weight is 218 g/mol. The van der Waals surface area contributed by atoms with Gasteiger partial charge in [0.25, 0.3) is 0 Å². The van der Waals surface area contributed by atoms with Gasteiger partial charge in [-0.2, -0.15) is 0 Å². The molecule has 0 radical (unpaired) electrons. The molecular weight excluding hydrogens is 200 g/mol. The van der Waals surface area contributed by atoms with E-state index in [1.165, 1.54) is 11.1 Å². The zero-order valence-corrected chi connectivity index (χ0v) is 9.60. The van der Waals surface area contributed by atoms with Crippen LogP contribution in [-0.4, -0.2) is 17.8 Å². The van der Waals surface area contributed by atoms with E-state index in [1.54, 1.807) is 0 Å². The number of ether oxygens (including phenoxy) is 1. The molecule has 0 spiro atoms. The molecule has 0 unspecified atom stereocenters. The summed E-state index contributed by atoms with van der Waals surface area (Å²) in [7, 11) is 0. The van der Waals surface area contributed by atoms with Gasteiger partial charge < -0.3 is 9.84 Å². The van der Waals surface area contributed by atoms with Gasteiger partial charge in [0.15, 0.2) is 0 Å². The molecule has 0 fully saturated rings.